The van der Waals surface area contributed by atoms with Crippen LogP contribution in [0.15, 0.2) is 18.2 Å². The molecule has 1 atom stereocenters. The lowest BCUT2D eigenvalue weighted by Crippen LogP contribution is -2.30. The lowest BCUT2D eigenvalue weighted by molar-refractivity contribution is 0.194. The predicted octanol–water partition coefficient (Wildman–Crippen LogP) is 4.01. The van der Waals surface area contributed by atoms with Gasteiger partial charge in [-0.3, -0.25) is 0 Å². The summed E-state index contributed by atoms with van der Waals surface area (Å²) < 4.78 is 5.41. The van der Waals surface area contributed by atoms with Crippen molar-refractivity contribution in [3.63, 3.8) is 0 Å². The molecule has 0 saturated heterocycles. The Morgan fingerprint density at radius 3 is 2.30 bits per heavy atom. The molecule has 3 nitrogen and oxygen atoms in total. The van der Waals surface area contributed by atoms with Crippen LogP contribution in [0.5, 0.6) is 5.75 Å². The Morgan fingerprint density at radius 2 is 1.85 bits per heavy atom. The van der Waals surface area contributed by atoms with E-state index in [0.29, 0.717) is 5.92 Å². The zero-order valence-electron chi connectivity index (χ0n) is 13.5. The summed E-state index contributed by atoms with van der Waals surface area (Å²) in [5, 5.41) is 10.1. The van der Waals surface area contributed by atoms with Gasteiger partial charge in [-0.15, -0.1) is 0 Å². The summed E-state index contributed by atoms with van der Waals surface area (Å²) in [5.74, 6) is 1.45. The monoisotopic (exact) mass is 279 g/mol. The summed E-state index contributed by atoms with van der Waals surface area (Å²) in [5.41, 5.74) is 1.98. The van der Waals surface area contributed by atoms with Gasteiger partial charge in [0.2, 0.25) is 0 Å². The second-order valence-electron chi connectivity index (χ2n) is 5.29. The fraction of sp³-hybridized carbons (Fsp3) is 0.647. The first-order valence-electron chi connectivity index (χ1n) is 7.68. The second-order valence-corrected chi connectivity index (χ2v) is 5.29. The van der Waals surface area contributed by atoms with E-state index in [1.807, 2.05) is 12.1 Å². The van der Waals surface area contributed by atoms with Crippen molar-refractivity contribution in [1.82, 2.24) is 0 Å². The van der Waals surface area contributed by atoms with Crippen LogP contribution in [0.1, 0.15) is 52.2 Å². The first-order valence-corrected chi connectivity index (χ1v) is 7.68. The van der Waals surface area contributed by atoms with Crippen LogP contribution in [0.3, 0.4) is 0 Å². The molecule has 0 heterocycles. The Morgan fingerprint density at radius 1 is 1.20 bits per heavy atom. The van der Waals surface area contributed by atoms with Gasteiger partial charge in [-0.1, -0.05) is 32.8 Å². The highest BCUT2D eigenvalue weighted by atomic mass is 16.5. The van der Waals surface area contributed by atoms with Gasteiger partial charge in [0.1, 0.15) is 5.75 Å². The maximum Gasteiger partial charge on any atom is 0.126 e. The molecular weight excluding hydrogens is 250 g/mol. The largest absolute Gasteiger partial charge is 0.496 e. The van der Waals surface area contributed by atoms with E-state index in [9.17, 15) is 5.11 Å². The third-order valence-electron chi connectivity index (χ3n) is 4.04. The van der Waals surface area contributed by atoms with Gasteiger partial charge < -0.3 is 14.7 Å². The van der Waals surface area contributed by atoms with Gasteiger partial charge in [-0.25, -0.2) is 0 Å². The Kier molecular flexibility index (Phi) is 6.86. The lowest BCUT2D eigenvalue weighted by Gasteiger charge is -2.30. The zero-order chi connectivity index (χ0) is 15.1. The molecule has 1 aromatic carbocycles. The third-order valence-corrected chi connectivity index (χ3v) is 4.04. The molecule has 1 aromatic rings. The van der Waals surface area contributed by atoms with Crippen LogP contribution in [0, 0.1) is 5.92 Å². The lowest BCUT2D eigenvalue weighted by atomic mass is 10.0. The van der Waals surface area contributed by atoms with Crippen LogP contribution in [-0.2, 0) is 0 Å². The molecule has 0 amide bonds. The van der Waals surface area contributed by atoms with Crippen molar-refractivity contribution in [1.29, 1.82) is 0 Å². The van der Waals surface area contributed by atoms with Crippen LogP contribution >= 0.6 is 0 Å². The minimum atomic E-state index is -0.531. The summed E-state index contributed by atoms with van der Waals surface area (Å²) >= 11 is 0. The van der Waals surface area contributed by atoms with Gasteiger partial charge in [-0.05, 0) is 31.9 Å². The standard InChI is InChI=1S/C17H29NO2/c1-6-14(7-2)12-18(8-3)15-10-9-11-16(20-5)17(15)13(4)19/h9-11,13-14,19H,6-8,12H2,1-5H3/t13-/m0/s1. The molecule has 0 spiro atoms. The van der Waals surface area contributed by atoms with E-state index in [4.69, 9.17) is 4.74 Å². The van der Waals surface area contributed by atoms with E-state index in [0.717, 1.165) is 30.1 Å². The van der Waals surface area contributed by atoms with Crippen molar-refractivity contribution in [3.8, 4) is 5.75 Å². The van der Waals surface area contributed by atoms with E-state index in [-0.39, 0.29) is 0 Å². The number of ether oxygens (including phenoxy) is 1. The SMILES string of the molecule is CCC(CC)CN(CC)c1cccc(OC)c1[C@H](C)O. The Bertz CT molecular complexity index is 400. The smallest absolute Gasteiger partial charge is 0.126 e. The van der Waals surface area contributed by atoms with Crippen LogP contribution < -0.4 is 9.64 Å². The summed E-state index contributed by atoms with van der Waals surface area (Å²) in [6, 6.07) is 5.99. The average molecular weight is 279 g/mol. The van der Waals surface area contributed by atoms with E-state index in [1.54, 1.807) is 14.0 Å². The number of hydrogen-bond donors (Lipinski definition) is 1. The van der Waals surface area contributed by atoms with Crippen LogP contribution in [0.2, 0.25) is 0 Å². The van der Waals surface area contributed by atoms with E-state index in [1.165, 1.54) is 12.8 Å². The van der Waals surface area contributed by atoms with Crippen molar-refractivity contribution < 1.29 is 9.84 Å². The fourth-order valence-electron chi connectivity index (χ4n) is 2.66. The van der Waals surface area contributed by atoms with Crippen LogP contribution in [-0.4, -0.2) is 25.3 Å². The molecule has 0 fully saturated rings. The number of aliphatic hydroxyl groups excluding tert-OH is 1. The van der Waals surface area contributed by atoms with Crippen LogP contribution in [0.25, 0.3) is 0 Å². The summed E-state index contributed by atoms with van der Waals surface area (Å²) in [7, 11) is 1.65. The highest BCUT2D eigenvalue weighted by Gasteiger charge is 2.19. The quantitative estimate of drug-likeness (QED) is 0.780. The number of anilines is 1. The van der Waals surface area contributed by atoms with E-state index < -0.39 is 6.10 Å². The van der Waals surface area contributed by atoms with Crippen molar-refractivity contribution in [2.24, 2.45) is 5.92 Å². The normalized spacial score (nSPS) is 12.6. The topological polar surface area (TPSA) is 32.7 Å². The molecule has 20 heavy (non-hydrogen) atoms. The van der Waals surface area contributed by atoms with Crippen molar-refractivity contribution >= 4 is 5.69 Å². The number of nitrogens with zero attached hydrogens (tertiary/aromatic N) is 1. The molecule has 1 N–H and O–H groups in total. The Hall–Kier alpha value is -1.22. The maximum absolute atomic E-state index is 10.1. The zero-order valence-corrected chi connectivity index (χ0v) is 13.5. The number of benzene rings is 1. The first kappa shape index (κ1) is 16.8. The number of methoxy groups -OCH3 is 1. The van der Waals surface area contributed by atoms with Gasteiger partial charge in [0.05, 0.1) is 13.2 Å². The van der Waals surface area contributed by atoms with Gasteiger partial charge in [0, 0.05) is 24.3 Å². The highest BCUT2D eigenvalue weighted by Crippen LogP contribution is 2.35. The van der Waals surface area contributed by atoms with Crippen molar-refractivity contribution in [3.05, 3.63) is 23.8 Å². The molecule has 3 heteroatoms. The molecule has 0 aromatic heterocycles. The summed E-state index contributed by atoms with van der Waals surface area (Å²) in [4.78, 5) is 2.35. The number of rotatable bonds is 8. The summed E-state index contributed by atoms with van der Waals surface area (Å²) in [6.45, 7) is 10.4. The third kappa shape index (κ3) is 3.89. The molecule has 0 aliphatic carbocycles. The number of hydrogen-bond acceptors (Lipinski definition) is 3. The molecular formula is C17H29NO2. The minimum absolute atomic E-state index is 0.531. The molecule has 0 aliphatic heterocycles. The highest BCUT2D eigenvalue weighted by molar-refractivity contribution is 5.60. The van der Waals surface area contributed by atoms with Gasteiger partial charge in [0.25, 0.3) is 0 Å². The molecule has 0 saturated carbocycles. The molecule has 114 valence electrons. The molecule has 0 radical (unpaired) electrons. The van der Waals surface area contributed by atoms with Gasteiger partial charge in [-0.2, -0.15) is 0 Å². The molecule has 1 rings (SSSR count). The van der Waals surface area contributed by atoms with Crippen LogP contribution in [0.4, 0.5) is 5.69 Å². The van der Waals surface area contributed by atoms with Gasteiger partial charge >= 0.3 is 0 Å². The van der Waals surface area contributed by atoms with Gasteiger partial charge in [0.15, 0.2) is 0 Å². The second kappa shape index (κ2) is 8.15. The van der Waals surface area contributed by atoms with E-state index >= 15 is 0 Å². The van der Waals surface area contributed by atoms with Crippen molar-refractivity contribution in [2.75, 3.05) is 25.1 Å². The number of aliphatic hydroxyl groups is 1. The first-order chi connectivity index (χ1) is 9.58. The minimum Gasteiger partial charge on any atom is -0.496 e. The maximum atomic E-state index is 10.1. The Labute approximate surface area is 123 Å². The van der Waals surface area contributed by atoms with Crippen molar-refractivity contribution in [2.45, 2.75) is 46.6 Å². The predicted molar refractivity (Wildman–Crippen MR) is 85.6 cm³/mol. The van der Waals surface area contributed by atoms with E-state index in [2.05, 4.69) is 31.7 Å². The molecule has 0 aliphatic rings. The molecule has 0 unspecified atom stereocenters. The molecule has 0 bridgehead atoms. The average Bonchev–Trinajstić information content (AvgIpc) is 2.47. The Balaban J connectivity index is 3.14. The summed E-state index contributed by atoms with van der Waals surface area (Å²) in [6.07, 6.45) is 1.83. The fourth-order valence-corrected chi connectivity index (χ4v) is 2.66.